The molecule has 0 radical (unpaired) electrons. The Morgan fingerprint density at radius 1 is 1.20 bits per heavy atom. The van der Waals surface area contributed by atoms with Crippen LogP contribution in [0.3, 0.4) is 0 Å². The van der Waals surface area contributed by atoms with Crippen LogP contribution in [0, 0.1) is 6.92 Å². The summed E-state index contributed by atoms with van der Waals surface area (Å²) in [5, 5.41) is 9.53. The monoisotopic (exact) mass is 356 g/mol. The van der Waals surface area contributed by atoms with Gasteiger partial charge in [0.2, 0.25) is 0 Å². The van der Waals surface area contributed by atoms with Crippen molar-refractivity contribution in [3.8, 4) is 0 Å². The van der Waals surface area contributed by atoms with Gasteiger partial charge in [-0.15, -0.1) is 10.2 Å². The second-order valence-corrected chi connectivity index (χ2v) is 7.13. The second kappa shape index (κ2) is 8.31. The van der Waals surface area contributed by atoms with Gasteiger partial charge in [-0.1, -0.05) is 42.1 Å². The molecule has 1 aromatic carbocycles. The molecule has 3 rings (SSSR count). The van der Waals surface area contributed by atoms with Gasteiger partial charge in [0.05, 0.1) is 6.04 Å². The largest absolute Gasteiger partial charge is 0.335 e. The van der Waals surface area contributed by atoms with Crippen LogP contribution in [-0.4, -0.2) is 30.1 Å². The summed E-state index contributed by atoms with van der Waals surface area (Å²) in [5.41, 5.74) is 7.54. The molecule has 0 aliphatic heterocycles. The molecule has 0 saturated carbocycles. The Kier molecular flexibility index (Phi) is 5.88. The highest BCUT2D eigenvalue weighted by atomic mass is 32.2. The Balaban J connectivity index is 1.53. The van der Waals surface area contributed by atoms with E-state index in [-0.39, 0.29) is 6.04 Å². The lowest BCUT2D eigenvalue weighted by Crippen LogP contribution is -2.18. The van der Waals surface area contributed by atoms with E-state index in [1.165, 1.54) is 5.56 Å². The third-order valence-electron chi connectivity index (χ3n) is 4.20. The molecule has 0 saturated heterocycles. The predicted octanol–water partition coefficient (Wildman–Crippen LogP) is 2.74. The van der Waals surface area contributed by atoms with Crippen molar-refractivity contribution >= 4 is 11.8 Å². The molecule has 1 atom stereocenters. The Morgan fingerprint density at radius 2 is 2.00 bits per heavy atom. The first-order chi connectivity index (χ1) is 12.1. The predicted molar refractivity (Wildman–Crippen MR) is 100 cm³/mol. The highest BCUT2D eigenvalue weighted by molar-refractivity contribution is 7.99. The van der Waals surface area contributed by atoms with Crippen LogP contribution in [0.5, 0.6) is 0 Å². The molecule has 2 aromatic heterocycles. The zero-order valence-corrected chi connectivity index (χ0v) is 15.5. The molecule has 0 unspecified atom stereocenters. The number of thioether (sulfide) groups is 1. The number of aryl methyl sites for hydroxylation is 2. The van der Waals surface area contributed by atoms with Gasteiger partial charge in [-0.3, -0.25) is 0 Å². The fourth-order valence-corrected chi connectivity index (χ4v) is 3.61. The van der Waals surface area contributed by atoms with E-state index < -0.39 is 0 Å². The third kappa shape index (κ3) is 4.49. The first-order valence-electron chi connectivity index (χ1n) is 8.44. The minimum atomic E-state index is -0.150. The van der Waals surface area contributed by atoms with E-state index in [4.69, 9.17) is 5.73 Å². The molecule has 0 aliphatic carbocycles. The molecule has 6 nitrogen and oxygen atoms in total. The number of benzene rings is 1. The molecule has 0 spiro atoms. The Hall–Kier alpha value is -2.12. The van der Waals surface area contributed by atoms with Crippen molar-refractivity contribution in [1.82, 2.24) is 24.3 Å². The zero-order valence-electron chi connectivity index (χ0n) is 14.7. The SMILES string of the molecule is Cc1nccn1CCCSc1nnc([C@H](N)Cc2ccccc2)n1C. The van der Waals surface area contributed by atoms with E-state index >= 15 is 0 Å². The summed E-state index contributed by atoms with van der Waals surface area (Å²) in [5.74, 6) is 2.87. The number of rotatable bonds is 8. The lowest BCUT2D eigenvalue weighted by molar-refractivity contribution is 0.615. The first kappa shape index (κ1) is 17.7. The van der Waals surface area contributed by atoms with Gasteiger partial charge in [0, 0.05) is 31.7 Å². The van der Waals surface area contributed by atoms with Gasteiger partial charge >= 0.3 is 0 Å². The maximum Gasteiger partial charge on any atom is 0.190 e. The number of aromatic nitrogens is 5. The van der Waals surface area contributed by atoms with Gasteiger partial charge in [-0.05, 0) is 25.3 Å². The number of nitrogens with zero attached hydrogens (tertiary/aromatic N) is 5. The summed E-state index contributed by atoms with van der Waals surface area (Å²) in [7, 11) is 1.99. The van der Waals surface area contributed by atoms with Crippen LogP contribution < -0.4 is 5.73 Å². The highest BCUT2D eigenvalue weighted by Crippen LogP contribution is 2.21. The molecule has 0 bridgehead atoms. The zero-order chi connectivity index (χ0) is 17.6. The topological polar surface area (TPSA) is 74.6 Å². The first-order valence-corrected chi connectivity index (χ1v) is 9.43. The summed E-state index contributed by atoms with van der Waals surface area (Å²) in [4.78, 5) is 4.24. The Bertz CT molecular complexity index is 795. The van der Waals surface area contributed by atoms with Crippen molar-refractivity contribution in [2.75, 3.05) is 5.75 Å². The molecule has 0 fully saturated rings. The van der Waals surface area contributed by atoms with Gasteiger partial charge in [0.1, 0.15) is 5.82 Å². The maximum absolute atomic E-state index is 6.33. The number of hydrogen-bond donors (Lipinski definition) is 1. The summed E-state index contributed by atoms with van der Waals surface area (Å²) >= 11 is 1.72. The van der Waals surface area contributed by atoms with Gasteiger partial charge in [-0.2, -0.15) is 0 Å². The normalized spacial score (nSPS) is 12.4. The Morgan fingerprint density at radius 3 is 2.72 bits per heavy atom. The number of imidazole rings is 1. The van der Waals surface area contributed by atoms with Crippen molar-refractivity contribution in [3.63, 3.8) is 0 Å². The maximum atomic E-state index is 6.33. The summed E-state index contributed by atoms with van der Waals surface area (Å²) in [6.07, 6.45) is 5.67. The van der Waals surface area contributed by atoms with E-state index in [0.717, 1.165) is 41.9 Å². The van der Waals surface area contributed by atoms with Crippen LogP contribution in [0.25, 0.3) is 0 Å². The van der Waals surface area contributed by atoms with Crippen molar-refractivity contribution in [1.29, 1.82) is 0 Å². The second-order valence-electron chi connectivity index (χ2n) is 6.07. The molecule has 0 aliphatic rings. The molecule has 7 heteroatoms. The van der Waals surface area contributed by atoms with Crippen molar-refractivity contribution < 1.29 is 0 Å². The summed E-state index contributed by atoms with van der Waals surface area (Å²) in [6.45, 7) is 2.99. The van der Waals surface area contributed by atoms with E-state index in [1.54, 1.807) is 11.8 Å². The standard InChI is InChI=1S/C18H24N6S/c1-14-20-9-11-24(14)10-6-12-25-18-22-21-17(23(18)2)16(19)13-15-7-4-3-5-8-15/h3-5,7-9,11,16H,6,10,12-13,19H2,1-2H3/t16-/m1/s1. The molecule has 2 N–H and O–H groups in total. The molecule has 0 amide bonds. The minimum absolute atomic E-state index is 0.150. The van der Waals surface area contributed by atoms with Crippen molar-refractivity contribution in [3.05, 3.63) is 59.9 Å². The van der Waals surface area contributed by atoms with Crippen LogP contribution >= 0.6 is 11.8 Å². The van der Waals surface area contributed by atoms with Crippen LogP contribution in [0.15, 0.2) is 47.9 Å². The average Bonchev–Trinajstić information content (AvgIpc) is 3.18. The molecule has 3 aromatic rings. The van der Waals surface area contributed by atoms with Crippen molar-refractivity contribution in [2.45, 2.75) is 37.5 Å². The lowest BCUT2D eigenvalue weighted by atomic mass is 10.1. The summed E-state index contributed by atoms with van der Waals surface area (Å²) in [6, 6.07) is 10.1. The molecular formula is C18H24N6S. The van der Waals surface area contributed by atoms with E-state index in [2.05, 4.69) is 31.9 Å². The van der Waals surface area contributed by atoms with Gasteiger partial charge in [0.25, 0.3) is 0 Å². The smallest absolute Gasteiger partial charge is 0.190 e. The van der Waals surface area contributed by atoms with Gasteiger partial charge in [0.15, 0.2) is 11.0 Å². The highest BCUT2D eigenvalue weighted by Gasteiger charge is 2.16. The fourth-order valence-electron chi connectivity index (χ4n) is 2.77. The number of nitrogens with two attached hydrogens (primary N) is 1. The average molecular weight is 356 g/mol. The van der Waals surface area contributed by atoms with Crippen molar-refractivity contribution in [2.24, 2.45) is 12.8 Å². The molecule has 25 heavy (non-hydrogen) atoms. The van der Waals surface area contributed by atoms with Crippen LogP contribution in [0.4, 0.5) is 0 Å². The fraction of sp³-hybridized carbons (Fsp3) is 0.389. The molecular weight excluding hydrogens is 332 g/mol. The number of hydrogen-bond acceptors (Lipinski definition) is 5. The van der Waals surface area contributed by atoms with E-state index in [1.807, 2.05) is 49.1 Å². The third-order valence-corrected chi connectivity index (χ3v) is 5.30. The van der Waals surface area contributed by atoms with Gasteiger partial charge < -0.3 is 14.9 Å². The quantitative estimate of drug-likeness (QED) is 0.496. The van der Waals surface area contributed by atoms with Gasteiger partial charge in [-0.25, -0.2) is 4.98 Å². The minimum Gasteiger partial charge on any atom is -0.335 e. The van der Waals surface area contributed by atoms with Crippen LogP contribution in [0.2, 0.25) is 0 Å². The Labute approximate surface area is 152 Å². The van der Waals surface area contributed by atoms with E-state index in [0.29, 0.717) is 0 Å². The van der Waals surface area contributed by atoms with E-state index in [9.17, 15) is 0 Å². The molecule has 132 valence electrons. The summed E-state index contributed by atoms with van der Waals surface area (Å²) < 4.78 is 4.18. The van der Waals surface area contributed by atoms with Crippen LogP contribution in [-0.2, 0) is 20.0 Å². The molecule has 2 heterocycles. The lowest BCUT2D eigenvalue weighted by Gasteiger charge is -2.11. The van der Waals surface area contributed by atoms with Crippen LogP contribution in [0.1, 0.15) is 29.7 Å².